The third-order valence-corrected chi connectivity index (χ3v) is 4.80. The molecule has 0 unspecified atom stereocenters. The van der Waals surface area contributed by atoms with Gasteiger partial charge in [0.05, 0.1) is 0 Å². The molecule has 2 aromatic heterocycles. The quantitative estimate of drug-likeness (QED) is 0.667. The van der Waals surface area contributed by atoms with Crippen molar-refractivity contribution in [3.05, 3.63) is 60.0 Å². The maximum absolute atomic E-state index is 11.4. The number of hydrogen-bond donors (Lipinski definition) is 1. The summed E-state index contributed by atoms with van der Waals surface area (Å²) >= 11 is 0. The first-order valence-electron chi connectivity index (χ1n) is 9.59. The van der Waals surface area contributed by atoms with Gasteiger partial charge >= 0.3 is 0 Å². The number of aryl methyl sites for hydroxylation is 1. The van der Waals surface area contributed by atoms with E-state index in [1.807, 2.05) is 43.3 Å². The summed E-state index contributed by atoms with van der Waals surface area (Å²) in [4.78, 5) is 33.7. The van der Waals surface area contributed by atoms with Gasteiger partial charge in [0, 0.05) is 61.6 Å². The van der Waals surface area contributed by atoms with Crippen molar-refractivity contribution in [1.82, 2.24) is 19.9 Å². The van der Waals surface area contributed by atoms with Crippen molar-refractivity contribution in [2.24, 2.45) is 0 Å². The van der Waals surface area contributed by atoms with Gasteiger partial charge in [0.25, 0.3) is 0 Å². The lowest BCUT2D eigenvalue weighted by Crippen LogP contribution is -2.47. The average Bonchev–Trinajstić information content (AvgIpc) is 2.74. The molecule has 8 heteroatoms. The molecule has 1 aliphatic heterocycles. The molecular weight excluding hydrogens is 366 g/mol. The van der Waals surface area contributed by atoms with Crippen LogP contribution in [0.4, 0.5) is 23.4 Å². The number of nitrogens with one attached hydrogen (secondary N) is 1. The molecule has 3 heterocycles. The molecule has 0 aliphatic carbocycles. The zero-order chi connectivity index (χ0) is 20.2. The number of carbonyl (C=O) groups excluding carboxylic acids is 1. The van der Waals surface area contributed by atoms with E-state index in [-0.39, 0.29) is 5.78 Å². The zero-order valence-electron chi connectivity index (χ0n) is 16.5. The molecule has 1 aliphatic rings. The van der Waals surface area contributed by atoms with Crippen LogP contribution >= 0.6 is 0 Å². The van der Waals surface area contributed by atoms with E-state index in [0.29, 0.717) is 11.5 Å². The molecule has 0 spiro atoms. The summed E-state index contributed by atoms with van der Waals surface area (Å²) in [7, 11) is 0. The molecule has 29 heavy (non-hydrogen) atoms. The monoisotopic (exact) mass is 389 g/mol. The molecule has 148 valence electrons. The lowest BCUT2D eigenvalue weighted by atomic mass is 10.1. The Balaban J connectivity index is 1.45. The van der Waals surface area contributed by atoms with Crippen molar-refractivity contribution >= 4 is 29.2 Å². The SMILES string of the molecule is CC(=O)c1ccc(Nc2cc(C)nc(N3CCN(c4ncccn4)CC3)n2)cc1. The first-order chi connectivity index (χ1) is 14.1. The Labute approximate surface area is 169 Å². The first-order valence-corrected chi connectivity index (χ1v) is 9.59. The Morgan fingerprint density at radius 2 is 1.55 bits per heavy atom. The predicted molar refractivity (Wildman–Crippen MR) is 113 cm³/mol. The number of benzene rings is 1. The van der Waals surface area contributed by atoms with Gasteiger partial charge in [-0.2, -0.15) is 4.98 Å². The fourth-order valence-electron chi connectivity index (χ4n) is 3.26. The molecule has 0 bridgehead atoms. The minimum atomic E-state index is 0.0526. The van der Waals surface area contributed by atoms with Crippen LogP contribution in [0.3, 0.4) is 0 Å². The van der Waals surface area contributed by atoms with Crippen molar-refractivity contribution in [3.8, 4) is 0 Å². The van der Waals surface area contributed by atoms with Gasteiger partial charge in [-0.25, -0.2) is 15.0 Å². The van der Waals surface area contributed by atoms with Gasteiger partial charge in [0.2, 0.25) is 11.9 Å². The maximum Gasteiger partial charge on any atom is 0.227 e. The van der Waals surface area contributed by atoms with Crippen LogP contribution in [0.1, 0.15) is 23.0 Å². The Morgan fingerprint density at radius 1 is 0.931 bits per heavy atom. The maximum atomic E-state index is 11.4. The molecule has 8 nitrogen and oxygen atoms in total. The molecule has 1 aromatic carbocycles. The summed E-state index contributed by atoms with van der Waals surface area (Å²) in [6.45, 7) is 6.76. The number of piperazine rings is 1. The van der Waals surface area contributed by atoms with Crippen LogP contribution in [0.25, 0.3) is 0 Å². The smallest absolute Gasteiger partial charge is 0.227 e. The van der Waals surface area contributed by atoms with Crippen LogP contribution in [-0.2, 0) is 0 Å². The van der Waals surface area contributed by atoms with Crippen molar-refractivity contribution in [2.75, 3.05) is 41.3 Å². The summed E-state index contributed by atoms with van der Waals surface area (Å²) in [5.74, 6) is 2.25. The van der Waals surface area contributed by atoms with Crippen LogP contribution in [0, 0.1) is 6.92 Å². The van der Waals surface area contributed by atoms with E-state index in [9.17, 15) is 4.79 Å². The van der Waals surface area contributed by atoms with Gasteiger partial charge in [-0.05, 0) is 44.2 Å². The summed E-state index contributed by atoms with van der Waals surface area (Å²) < 4.78 is 0. The number of anilines is 4. The van der Waals surface area contributed by atoms with Crippen LogP contribution < -0.4 is 15.1 Å². The van der Waals surface area contributed by atoms with Crippen LogP contribution in [0.2, 0.25) is 0 Å². The Kier molecular flexibility index (Phi) is 5.33. The second-order valence-electron chi connectivity index (χ2n) is 6.98. The van der Waals surface area contributed by atoms with Crippen LogP contribution in [0.5, 0.6) is 0 Å². The molecule has 1 N–H and O–H groups in total. The van der Waals surface area contributed by atoms with Gasteiger partial charge < -0.3 is 15.1 Å². The molecule has 0 atom stereocenters. The second kappa shape index (κ2) is 8.22. The van der Waals surface area contributed by atoms with Gasteiger partial charge in [-0.1, -0.05) is 0 Å². The standard InChI is InChI=1S/C21H23N7O/c1-15-14-19(25-18-6-4-17(5-7-18)16(2)29)26-21(24-15)28-12-10-27(11-13-28)20-22-8-3-9-23-20/h3-9,14H,10-13H2,1-2H3,(H,24,25,26). The highest BCUT2D eigenvalue weighted by molar-refractivity contribution is 5.94. The summed E-state index contributed by atoms with van der Waals surface area (Å²) in [6, 6.07) is 11.1. The first kappa shape index (κ1) is 18.8. The van der Waals surface area contributed by atoms with Gasteiger partial charge in [0.15, 0.2) is 5.78 Å². The number of aromatic nitrogens is 4. The molecular formula is C21H23N7O. The van der Waals surface area contributed by atoms with Crippen molar-refractivity contribution in [2.45, 2.75) is 13.8 Å². The van der Waals surface area contributed by atoms with E-state index in [4.69, 9.17) is 4.98 Å². The third kappa shape index (κ3) is 4.48. The van der Waals surface area contributed by atoms with Crippen molar-refractivity contribution in [3.63, 3.8) is 0 Å². The number of rotatable bonds is 5. The molecule has 3 aromatic rings. The molecule has 0 amide bonds. The zero-order valence-corrected chi connectivity index (χ0v) is 16.5. The highest BCUT2D eigenvalue weighted by Gasteiger charge is 2.21. The number of nitrogens with zero attached hydrogens (tertiary/aromatic N) is 6. The van der Waals surface area contributed by atoms with E-state index < -0.39 is 0 Å². The summed E-state index contributed by atoms with van der Waals surface area (Å²) in [5, 5.41) is 3.31. The van der Waals surface area contributed by atoms with Gasteiger partial charge in [-0.15, -0.1) is 0 Å². The Hall–Kier alpha value is -3.55. The van der Waals surface area contributed by atoms with E-state index in [1.54, 1.807) is 19.3 Å². The third-order valence-electron chi connectivity index (χ3n) is 4.80. The number of hydrogen-bond acceptors (Lipinski definition) is 8. The highest BCUT2D eigenvalue weighted by atomic mass is 16.1. The van der Waals surface area contributed by atoms with Crippen LogP contribution in [0.15, 0.2) is 48.8 Å². The van der Waals surface area contributed by atoms with Gasteiger partial charge in [0.1, 0.15) is 5.82 Å². The lowest BCUT2D eigenvalue weighted by molar-refractivity contribution is 0.101. The largest absolute Gasteiger partial charge is 0.340 e. The minimum Gasteiger partial charge on any atom is -0.340 e. The van der Waals surface area contributed by atoms with E-state index in [0.717, 1.165) is 49.3 Å². The molecule has 0 radical (unpaired) electrons. The topological polar surface area (TPSA) is 87.1 Å². The Bertz CT molecular complexity index is 984. The average molecular weight is 389 g/mol. The number of Topliss-reactive ketones (excluding diaryl/α,β-unsaturated/α-hetero) is 1. The minimum absolute atomic E-state index is 0.0526. The number of ketones is 1. The molecule has 1 saturated heterocycles. The Morgan fingerprint density at radius 3 is 2.17 bits per heavy atom. The van der Waals surface area contributed by atoms with Crippen molar-refractivity contribution < 1.29 is 4.79 Å². The molecule has 0 saturated carbocycles. The summed E-state index contributed by atoms with van der Waals surface area (Å²) in [5.41, 5.74) is 2.46. The lowest BCUT2D eigenvalue weighted by Gasteiger charge is -2.34. The van der Waals surface area contributed by atoms with E-state index >= 15 is 0 Å². The predicted octanol–water partition coefficient (Wildman–Crippen LogP) is 2.85. The summed E-state index contributed by atoms with van der Waals surface area (Å²) in [6.07, 6.45) is 3.53. The highest BCUT2D eigenvalue weighted by Crippen LogP contribution is 2.21. The normalized spacial score (nSPS) is 14.0. The van der Waals surface area contributed by atoms with Crippen LogP contribution in [-0.4, -0.2) is 51.9 Å². The fraction of sp³-hybridized carbons (Fsp3) is 0.286. The van der Waals surface area contributed by atoms with Gasteiger partial charge in [-0.3, -0.25) is 4.79 Å². The second-order valence-corrected chi connectivity index (χ2v) is 6.98. The molecule has 1 fully saturated rings. The van der Waals surface area contributed by atoms with E-state index in [2.05, 4.69) is 30.1 Å². The van der Waals surface area contributed by atoms with Crippen molar-refractivity contribution in [1.29, 1.82) is 0 Å². The fourth-order valence-corrected chi connectivity index (χ4v) is 3.26. The number of carbonyl (C=O) groups is 1. The molecule has 4 rings (SSSR count). The van der Waals surface area contributed by atoms with E-state index in [1.165, 1.54) is 0 Å².